The van der Waals surface area contributed by atoms with E-state index in [4.69, 9.17) is 11.6 Å². The van der Waals surface area contributed by atoms with E-state index in [1.165, 1.54) is 4.88 Å². The first-order chi connectivity index (χ1) is 9.17. The standard InChI is InChI=1S/C14H18ClN3S/c1-3-16-14-6-4-5-11(17-14)9-18(2)10-12-7-8-13(15)19-12/h4-8H,3,9-10H2,1-2H3,(H,16,17). The van der Waals surface area contributed by atoms with Crippen LogP contribution in [0.2, 0.25) is 4.34 Å². The summed E-state index contributed by atoms with van der Waals surface area (Å²) in [6.07, 6.45) is 0. The van der Waals surface area contributed by atoms with Crippen LogP contribution in [-0.4, -0.2) is 23.5 Å². The molecule has 2 aromatic rings. The van der Waals surface area contributed by atoms with Gasteiger partial charge in [-0.3, -0.25) is 4.90 Å². The minimum atomic E-state index is 0.828. The third-order valence-electron chi connectivity index (χ3n) is 2.65. The van der Waals surface area contributed by atoms with Gasteiger partial charge in [0.1, 0.15) is 5.82 Å². The van der Waals surface area contributed by atoms with Crippen LogP contribution in [0.3, 0.4) is 0 Å². The Balaban J connectivity index is 1.94. The maximum Gasteiger partial charge on any atom is 0.126 e. The van der Waals surface area contributed by atoms with E-state index in [1.807, 2.05) is 18.2 Å². The molecule has 0 radical (unpaired) electrons. The van der Waals surface area contributed by atoms with E-state index in [9.17, 15) is 0 Å². The molecule has 0 aromatic carbocycles. The van der Waals surface area contributed by atoms with Crippen molar-refractivity contribution in [2.75, 3.05) is 18.9 Å². The fraction of sp³-hybridized carbons (Fsp3) is 0.357. The first-order valence-corrected chi connectivity index (χ1v) is 7.49. The monoisotopic (exact) mass is 295 g/mol. The van der Waals surface area contributed by atoms with Crippen molar-refractivity contribution in [2.45, 2.75) is 20.0 Å². The molecule has 1 N–H and O–H groups in total. The van der Waals surface area contributed by atoms with Crippen molar-refractivity contribution < 1.29 is 0 Å². The molecular weight excluding hydrogens is 278 g/mol. The molecule has 0 atom stereocenters. The molecule has 0 bridgehead atoms. The molecular formula is C14H18ClN3S. The molecule has 0 aliphatic rings. The zero-order valence-corrected chi connectivity index (χ0v) is 12.8. The number of nitrogens with zero attached hydrogens (tertiary/aromatic N) is 2. The predicted molar refractivity (Wildman–Crippen MR) is 82.9 cm³/mol. The highest BCUT2D eigenvalue weighted by Crippen LogP contribution is 2.22. The molecule has 0 unspecified atom stereocenters. The molecule has 2 aromatic heterocycles. The molecule has 3 nitrogen and oxygen atoms in total. The van der Waals surface area contributed by atoms with E-state index in [1.54, 1.807) is 11.3 Å². The largest absolute Gasteiger partial charge is 0.370 e. The summed E-state index contributed by atoms with van der Waals surface area (Å²) in [6.45, 7) is 4.68. The van der Waals surface area contributed by atoms with E-state index in [2.05, 4.69) is 41.3 Å². The van der Waals surface area contributed by atoms with Gasteiger partial charge in [0, 0.05) is 24.5 Å². The maximum atomic E-state index is 5.94. The highest BCUT2D eigenvalue weighted by Gasteiger charge is 2.05. The number of hydrogen-bond donors (Lipinski definition) is 1. The number of halogens is 1. The summed E-state index contributed by atoms with van der Waals surface area (Å²) < 4.78 is 0.843. The molecule has 2 heterocycles. The van der Waals surface area contributed by atoms with E-state index in [0.29, 0.717) is 0 Å². The van der Waals surface area contributed by atoms with Gasteiger partial charge in [-0.2, -0.15) is 0 Å². The highest BCUT2D eigenvalue weighted by atomic mass is 35.5. The first-order valence-electron chi connectivity index (χ1n) is 6.30. The normalized spacial score (nSPS) is 10.9. The highest BCUT2D eigenvalue weighted by molar-refractivity contribution is 7.16. The summed E-state index contributed by atoms with van der Waals surface area (Å²) in [5.74, 6) is 0.938. The Labute approximate surface area is 123 Å². The molecule has 2 rings (SSSR count). The van der Waals surface area contributed by atoms with Gasteiger partial charge in [-0.15, -0.1) is 11.3 Å². The number of thiophene rings is 1. The van der Waals surface area contributed by atoms with Crippen LogP contribution in [0, 0.1) is 0 Å². The van der Waals surface area contributed by atoms with Gasteiger partial charge in [0.15, 0.2) is 0 Å². The van der Waals surface area contributed by atoms with Crippen molar-refractivity contribution in [1.29, 1.82) is 0 Å². The van der Waals surface area contributed by atoms with Crippen molar-refractivity contribution in [3.8, 4) is 0 Å². The van der Waals surface area contributed by atoms with Gasteiger partial charge in [0.2, 0.25) is 0 Å². The Morgan fingerprint density at radius 2 is 2.11 bits per heavy atom. The lowest BCUT2D eigenvalue weighted by Crippen LogP contribution is -2.17. The van der Waals surface area contributed by atoms with Crippen molar-refractivity contribution in [3.05, 3.63) is 45.2 Å². The number of rotatable bonds is 6. The predicted octanol–water partition coefficient (Wildman–Crippen LogP) is 3.86. The van der Waals surface area contributed by atoms with Gasteiger partial charge in [0.25, 0.3) is 0 Å². The van der Waals surface area contributed by atoms with Crippen molar-refractivity contribution in [2.24, 2.45) is 0 Å². The molecule has 0 fully saturated rings. The second-order valence-electron chi connectivity index (χ2n) is 4.42. The number of nitrogens with one attached hydrogen (secondary N) is 1. The average molecular weight is 296 g/mol. The zero-order valence-electron chi connectivity index (χ0n) is 11.2. The lowest BCUT2D eigenvalue weighted by atomic mass is 10.3. The lowest BCUT2D eigenvalue weighted by Gasteiger charge is -2.15. The Hall–Kier alpha value is -1.10. The summed E-state index contributed by atoms with van der Waals surface area (Å²) in [6, 6.07) is 10.1. The van der Waals surface area contributed by atoms with E-state index in [-0.39, 0.29) is 0 Å². The van der Waals surface area contributed by atoms with Gasteiger partial charge < -0.3 is 5.32 Å². The van der Waals surface area contributed by atoms with E-state index >= 15 is 0 Å². The third-order valence-corrected chi connectivity index (χ3v) is 3.87. The van der Waals surface area contributed by atoms with Crippen LogP contribution in [0.5, 0.6) is 0 Å². The fourth-order valence-electron chi connectivity index (χ4n) is 1.88. The third kappa shape index (κ3) is 4.49. The van der Waals surface area contributed by atoms with Crippen LogP contribution in [-0.2, 0) is 13.1 Å². The SMILES string of the molecule is CCNc1cccc(CN(C)Cc2ccc(Cl)s2)n1. The van der Waals surface area contributed by atoms with Crippen LogP contribution in [0.25, 0.3) is 0 Å². The Morgan fingerprint density at radius 1 is 1.26 bits per heavy atom. The van der Waals surface area contributed by atoms with Gasteiger partial charge in [-0.1, -0.05) is 17.7 Å². The lowest BCUT2D eigenvalue weighted by molar-refractivity contribution is 0.318. The molecule has 0 aliphatic carbocycles. The quantitative estimate of drug-likeness (QED) is 0.877. The van der Waals surface area contributed by atoms with E-state index < -0.39 is 0 Å². The molecule has 0 amide bonds. The second kappa shape index (κ2) is 6.89. The minimum absolute atomic E-state index is 0.828. The molecule has 0 spiro atoms. The summed E-state index contributed by atoms with van der Waals surface area (Å²) in [7, 11) is 2.09. The summed E-state index contributed by atoms with van der Waals surface area (Å²) >= 11 is 7.57. The Bertz CT molecular complexity index is 527. The summed E-state index contributed by atoms with van der Waals surface area (Å²) in [5, 5.41) is 3.23. The summed E-state index contributed by atoms with van der Waals surface area (Å²) in [5.41, 5.74) is 1.07. The van der Waals surface area contributed by atoms with Gasteiger partial charge in [0.05, 0.1) is 10.0 Å². The molecule has 5 heteroatoms. The first kappa shape index (κ1) is 14.3. The smallest absolute Gasteiger partial charge is 0.126 e. The van der Waals surface area contributed by atoms with Crippen LogP contribution in [0.4, 0.5) is 5.82 Å². The molecule has 102 valence electrons. The number of aromatic nitrogens is 1. The molecule has 0 saturated carbocycles. The fourth-order valence-corrected chi connectivity index (χ4v) is 3.05. The molecule has 0 saturated heterocycles. The van der Waals surface area contributed by atoms with Crippen LogP contribution < -0.4 is 5.32 Å². The van der Waals surface area contributed by atoms with Crippen LogP contribution >= 0.6 is 22.9 Å². The Morgan fingerprint density at radius 3 is 2.79 bits per heavy atom. The number of hydrogen-bond acceptors (Lipinski definition) is 4. The minimum Gasteiger partial charge on any atom is -0.370 e. The van der Waals surface area contributed by atoms with Crippen LogP contribution in [0.15, 0.2) is 30.3 Å². The molecule has 0 aliphatic heterocycles. The molecule has 19 heavy (non-hydrogen) atoms. The van der Waals surface area contributed by atoms with E-state index in [0.717, 1.165) is 35.5 Å². The van der Waals surface area contributed by atoms with Crippen LogP contribution in [0.1, 0.15) is 17.5 Å². The maximum absolute atomic E-state index is 5.94. The zero-order chi connectivity index (χ0) is 13.7. The van der Waals surface area contributed by atoms with Crippen molar-refractivity contribution in [3.63, 3.8) is 0 Å². The Kier molecular flexibility index (Phi) is 5.19. The van der Waals surface area contributed by atoms with Gasteiger partial charge >= 0.3 is 0 Å². The average Bonchev–Trinajstić information content (AvgIpc) is 2.75. The van der Waals surface area contributed by atoms with Gasteiger partial charge in [-0.25, -0.2) is 4.98 Å². The second-order valence-corrected chi connectivity index (χ2v) is 6.22. The number of anilines is 1. The van der Waals surface area contributed by atoms with Gasteiger partial charge in [-0.05, 0) is 38.2 Å². The topological polar surface area (TPSA) is 28.2 Å². The van der Waals surface area contributed by atoms with Crippen molar-refractivity contribution >= 4 is 28.8 Å². The van der Waals surface area contributed by atoms with Crippen molar-refractivity contribution in [1.82, 2.24) is 9.88 Å². The number of pyridine rings is 1. The summed E-state index contributed by atoms with van der Waals surface area (Å²) in [4.78, 5) is 8.08.